The van der Waals surface area contributed by atoms with E-state index in [1.807, 2.05) is 65.2 Å². The second kappa shape index (κ2) is 14.7. The van der Waals surface area contributed by atoms with Crippen molar-refractivity contribution in [1.29, 1.82) is 0 Å². The maximum atomic E-state index is 9.06. The molecular weight excluding hydrogens is 906 g/mol. The Bertz CT molecular complexity index is 3640. The normalized spacial score (nSPS) is 15.8. The van der Waals surface area contributed by atoms with Gasteiger partial charge in [0.05, 0.1) is 0 Å². The number of ether oxygens (including phenoxy) is 1. The predicted octanol–water partition coefficient (Wildman–Crippen LogP) is 12.3. The van der Waals surface area contributed by atoms with Crippen LogP contribution in [0.2, 0.25) is 6.75 Å². The second-order valence-electron chi connectivity index (χ2n) is 14.9. The quantitative estimate of drug-likeness (QED) is 0.149. The molecule has 0 saturated heterocycles. The van der Waals surface area contributed by atoms with Crippen LogP contribution in [0.1, 0.15) is 44.2 Å². The number of benzene rings is 6. The van der Waals surface area contributed by atoms with Crippen LogP contribution in [-0.4, -0.2) is 30.8 Å². The van der Waals surface area contributed by atoms with Crippen molar-refractivity contribution in [3.05, 3.63) is 185 Å². The van der Waals surface area contributed by atoms with Crippen LogP contribution in [0.5, 0.6) is 11.5 Å². The number of anilines is 2. The Morgan fingerprint density at radius 1 is 0.678 bits per heavy atom. The molecule has 1 aliphatic rings. The molecule has 10 rings (SSSR count). The number of pyridine rings is 1. The Labute approximate surface area is 373 Å². The molecule has 0 spiro atoms. The van der Waals surface area contributed by atoms with E-state index in [-0.39, 0.29) is 33.4 Å². The van der Waals surface area contributed by atoms with Crippen LogP contribution in [-0.2, 0) is 24.8 Å². The zero-order valence-electron chi connectivity index (χ0n) is 45.0. The van der Waals surface area contributed by atoms with Crippen molar-refractivity contribution in [3.8, 4) is 56.4 Å². The minimum atomic E-state index is -2.54. The summed E-state index contributed by atoms with van der Waals surface area (Å²) in [7, 11) is 0. The molecule has 7 nitrogen and oxygen atoms in total. The number of hydrogen-bond acceptors (Lipinski definition) is 4. The van der Waals surface area contributed by atoms with E-state index in [4.69, 9.17) is 27.5 Å². The van der Waals surface area contributed by atoms with Crippen LogP contribution >= 0.6 is 0 Å². The monoisotopic (exact) mass is 960 g/mol. The fourth-order valence-corrected chi connectivity index (χ4v) is 8.66. The molecule has 9 aromatic rings. The van der Waals surface area contributed by atoms with E-state index in [0.29, 0.717) is 49.2 Å². The first-order valence-corrected chi connectivity index (χ1v) is 19.9. The average molecular weight is 961 g/mol. The Morgan fingerprint density at radius 2 is 1.36 bits per heavy atom. The van der Waals surface area contributed by atoms with Gasteiger partial charge in [-0.05, 0) is 17.0 Å². The van der Waals surface area contributed by atoms with Crippen molar-refractivity contribution in [2.45, 2.75) is 32.9 Å². The van der Waals surface area contributed by atoms with Crippen molar-refractivity contribution in [2.75, 3.05) is 4.81 Å². The maximum absolute atomic E-state index is 9.06. The molecule has 0 radical (unpaired) electrons. The summed E-state index contributed by atoms with van der Waals surface area (Å²) in [5.41, 5.74) is 4.68. The van der Waals surface area contributed by atoms with Crippen molar-refractivity contribution >= 4 is 29.5 Å². The van der Waals surface area contributed by atoms with E-state index in [1.54, 1.807) is 64.2 Å². The molecule has 1 aliphatic heterocycles. The topological polar surface area (TPSA) is 53.0 Å². The van der Waals surface area contributed by atoms with Crippen molar-refractivity contribution in [3.63, 3.8) is 0 Å². The number of hydrogen-bond donors (Lipinski definition) is 0. The Morgan fingerprint density at radius 3 is 2.05 bits per heavy atom. The number of fused-ring (bicyclic) bond motifs is 4. The Balaban J connectivity index is 1.16. The van der Waals surface area contributed by atoms with E-state index >= 15 is 0 Å². The van der Waals surface area contributed by atoms with Crippen LogP contribution in [0, 0.1) is 3.80 Å². The SMILES string of the molecule is [2H]c1c([2H])c([2H])c(-c2cccc(-c3c([2H])c([2H])c([2H])c([2H])c3[2H])c2-n2[c](=[Pt])n(-c3cccc(Oc4ccc5c(c4)N(c4cc(C(C)(C)C)ccn4)B(C([2H])([2H])[2H])n4nccc4-5)c3)c3ccccc32)c([2H])c1[2H]. The van der Waals surface area contributed by atoms with Crippen molar-refractivity contribution < 1.29 is 41.9 Å². The molecule has 0 amide bonds. The molecule has 0 fully saturated rings. The standard InChI is InChI=1S/C50H41BN6O.Pt/c1-50(2,3)37-27-29-52-48(31-37)56-47-33-40(25-26-43(47)44-28-30-53-57(44)51(56)4)58-39-20-13-19-38(32-39)54-34-55(46-24-12-11-23-45(46)54)49-41(35-15-7-5-8-16-35)21-14-22-42(49)36-17-9-6-10-18-36;/h5-33H,1-4H3;/i4D3,5D,6D,7D,8D,9D,10D,15D,16D,17D,18D;. The summed E-state index contributed by atoms with van der Waals surface area (Å²) in [6.45, 7) is 2.45. The number of aromatic nitrogens is 5. The molecule has 0 aliphatic carbocycles. The van der Waals surface area contributed by atoms with Crippen LogP contribution in [0.4, 0.5) is 11.5 Å². The van der Waals surface area contributed by atoms with Crippen molar-refractivity contribution in [2.24, 2.45) is 0 Å². The molecule has 6 aromatic carbocycles. The first-order valence-electron chi connectivity index (χ1n) is 25.3. The molecule has 0 atom stereocenters. The molecule has 9 heteroatoms. The van der Waals surface area contributed by atoms with E-state index in [9.17, 15) is 0 Å². The summed E-state index contributed by atoms with van der Waals surface area (Å²) in [4.78, 5) is 6.39. The third-order valence-corrected chi connectivity index (χ3v) is 11.3. The van der Waals surface area contributed by atoms with Crippen LogP contribution in [0.25, 0.3) is 55.9 Å². The first-order chi connectivity index (χ1) is 34.1. The zero-order valence-corrected chi connectivity index (χ0v) is 34.2. The van der Waals surface area contributed by atoms with Gasteiger partial charge in [-0.2, -0.15) is 5.10 Å². The Hall–Kier alpha value is -6.50. The van der Waals surface area contributed by atoms with E-state index in [2.05, 4.69) is 45.2 Å². The van der Waals surface area contributed by atoms with E-state index in [0.717, 1.165) is 11.1 Å². The summed E-state index contributed by atoms with van der Waals surface area (Å²) in [5, 5.41) is 4.48. The summed E-state index contributed by atoms with van der Waals surface area (Å²) < 4.78 is 126. The molecule has 4 heterocycles. The average Bonchev–Trinajstić information content (AvgIpc) is 3.95. The molecular formula is C50H41BN6OPt. The molecule has 3 aromatic heterocycles. The molecule has 0 unspecified atom stereocenters. The minimum absolute atomic E-state index is 0.142. The summed E-state index contributed by atoms with van der Waals surface area (Å²) in [6.07, 6.45) is 3.26. The third kappa shape index (κ3) is 6.49. The molecule has 0 N–H and O–H groups in total. The molecule has 59 heavy (non-hydrogen) atoms. The molecule has 290 valence electrons. The Kier molecular flexibility index (Phi) is 6.26. The van der Waals surface area contributed by atoms with Crippen LogP contribution < -0.4 is 9.55 Å². The van der Waals surface area contributed by atoms with Gasteiger partial charge >= 0.3 is 315 Å². The second-order valence-corrected chi connectivity index (χ2v) is 16.0. The summed E-state index contributed by atoms with van der Waals surface area (Å²) in [5.74, 6) is 1.24. The van der Waals surface area contributed by atoms with Gasteiger partial charge in [-0.3, -0.25) is 0 Å². The van der Waals surface area contributed by atoms with Crippen LogP contribution in [0.15, 0.2) is 176 Å². The molecule has 0 bridgehead atoms. The van der Waals surface area contributed by atoms with Gasteiger partial charge in [0.1, 0.15) is 0 Å². The number of para-hydroxylation sites is 3. The summed E-state index contributed by atoms with van der Waals surface area (Å²) >= 11 is 2.13. The van der Waals surface area contributed by atoms with Gasteiger partial charge in [0.15, 0.2) is 0 Å². The van der Waals surface area contributed by atoms with Gasteiger partial charge in [0.2, 0.25) is 0 Å². The van der Waals surface area contributed by atoms with Gasteiger partial charge in [-0.15, -0.1) is 0 Å². The van der Waals surface area contributed by atoms with Gasteiger partial charge in [-0.1, -0.05) is 20.8 Å². The van der Waals surface area contributed by atoms with Gasteiger partial charge in [0.25, 0.3) is 0 Å². The fraction of sp³-hybridized carbons (Fsp3) is 0.100. The van der Waals surface area contributed by atoms with E-state index in [1.165, 1.54) is 4.59 Å². The number of rotatable bonds is 7. The third-order valence-electron chi connectivity index (χ3n) is 10.3. The van der Waals surface area contributed by atoms with Gasteiger partial charge < -0.3 is 0 Å². The van der Waals surface area contributed by atoms with E-state index < -0.39 is 74.2 Å². The predicted molar refractivity (Wildman–Crippen MR) is 237 cm³/mol. The first kappa shape index (κ1) is 25.1. The fourth-order valence-electron chi connectivity index (χ4n) is 7.57. The van der Waals surface area contributed by atoms with Crippen molar-refractivity contribution in [1.82, 2.24) is 23.8 Å². The molecule has 0 saturated carbocycles. The zero-order chi connectivity index (χ0) is 51.5. The summed E-state index contributed by atoms with van der Waals surface area (Å²) in [6, 6.07) is 25.1. The number of imidazole rings is 1. The number of nitrogens with zero attached hydrogens (tertiary/aromatic N) is 6. The van der Waals surface area contributed by atoms with Gasteiger partial charge in [0, 0.05) is 16.5 Å². The van der Waals surface area contributed by atoms with Crippen LogP contribution in [0.3, 0.4) is 0 Å². The van der Waals surface area contributed by atoms with Gasteiger partial charge in [-0.25, -0.2) is 0 Å².